The average Bonchev–Trinajstić information content (AvgIpc) is 2.77. The van der Waals surface area contributed by atoms with Crippen molar-refractivity contribution < 1.29 is 9.90 Å². The van der Waals surface area contributed by atoms with E-state index in [2.05, 4.69) is 5.10 Å². The average molecular weight is 253 g/mol. The summed E-state index contributed by atoms with van der Waals surface area (Å²) < 4.78 is 3.01. The van der Waals surface area contributed by atoms with Gasteiger partial charge in [-0.3, -0.25) is 14.0 Å². The van der Waals surface area contributed by atoms with Gasteiger partial charge >= 0.3 is 10.8 Å². The van der Waals surface area contributed by atoms with E-state index in [0.29, 0.717) is 5.69 Å². The fraction of sp³-hybridized carbons (Fsp3) is 0.300. The molecule has 0 bridgehead atoms. The highest BCUT2D eigenvalue weighted by molar-refractivity contribution is 7.07. The Labute approximate surface area is 101 Å². The molecule has 0 aliphatic rings. The molecule has 0 spiro atoms. The molecule has 0 aliphatic carbocycles. The molecule has 0 radical (unpaired) electrons. The van der Waals surface area contributed by atoms with Gasteiger partial charge in [0.05, 0.1) is 18.4 Å². The molecule has 2 heterocycles. The maximum Gasteiger partial charge on any atom is 0.339 e. The predicted octanol–water partition coefficient (Wildman–Crippen LogP) is 0.698. The summed E-state index contributed by atoms with van der Waals surface area (Å²) in [5.41, 5.74) is 1.46. The van der Waals surface area contributed by atoms with E-state index in [9.17, 15) is 9.59 Å². The van der Waals surface area contributed by atoms with Gasteiger partial charge in [-0.1, -0.05) is 11.3 Å². The van der Waals surface area contributed by atoms with Crippen LogP contribution in [0.15, 0.2) is 16.4 Å². The van der Waals surface area contributed by atoms with E-state index < -0.39 is 5.97 Å². The molecule has 0 atom stereocenters. The number of thiazole rings is 1. The Kier molecular flexibility index (Phi) is 2.84. The lowest BCUT2D eigenvalue weighted by molar-refractivity contribution is 0.0695. The molecule has 1 N–H and O–H groups in total. The molecule has 0 amide bonds. The molecule has 17 heavy (non-hydrogen) atoms. The molecule has 0 saturated heterocycles. The van der Waals surface area contributed by atoms with Gasteiger partial charge in [0.15, 0.2) is 0 Å². The van der Waals surface area contributed by atoms with E-state index in [1.807, 2.05) is 6.92 Å². The van der Waals surface area contributed by atoms with Crippen LogP contribution in [0.5, 0.6) is 0 Å². The minimum absolute atomic E-state index is 0.0972. The molecule has 7 heteroatoms. The standard InChI is InChI=1S/C10H11N3O3S/c1-6-5-17-10(16)13(6)4-8-7(9(14)15)3-11-12(8)2/h3,5H,4H2,1-2H3,(H,14,15). The number of hydrogen-bond acceptors (Lipinski definition) is 4. The third kappa shape index (κ3) is 2.01. The van der Waals surface area contributed by atoms with Crippen LogP contribution in [-0.2, 0) is 13.6 Å². The fourth-order valence-corrected chi connectivity index (χ4v) is 2.31. The van der Waals surface area contributed by atoms with Crippen molar-refractivity contribution in [3.8, 4) is 0 Å². The van der Waals surface area contributed by atoms with Crippen molar-refractivity contribution in [1.29, 1.82) is 0 Å². The number of aryl methyl sites for hydroxylation is 2. The number of carboxylic acid groups (broad SMARTS) is 1. The highest BCUT2D eigenvalue weighted by atomic mass is 32.1. The molecule has 2 aromatic heterocycles. The minimum Gasteiger partial charge on any atom is -0.478 e. The van der Waals surface area contributed by atoms with Gasteiger partial charge in [0, 0.05) is 18.1 Å². The Morgan fingerprint density at radius 3 is 2.82 bits per heavy atom. The number of carbonyl (C=O) groups is 1. The third-order valence-corrected chi connectivity index (χ3v) is 3.46. The van der Waals surface area contributed by atoms with Crippen LogP contribution in [-0.4, -0.2) is 25.4 Å². The first kappa shape index (κ1) is 11.6. The molecular weight excluding hydrogens is 242 g/mol. The van der Waals surface area contributed by atoms with Crippen LogP contribution < -0.4 is 4.87 Å². The highest BCUT2D eigenvalue weighted by Gasteiger charge is 2.16. The van der Waals surface area contributed by atoms with Crippen molar-refractivity contribution in [1.82, 2.24) is 14.3 Å². The van der Waals surface area contributed by atoms with Crippen LogP contribution >= 0.6 is 11.3 Å². The van der Waals surface area contributed by atoms with E-state index in [1.165, 1.54) is 15.4 Å². The third-order valence-electron chi connectivity index (χ3n) is 2.58. The number of hydrogen-bond donors (Lipinski definition) is 1. The van der Waals surface area contributed by atoms with Gasteiger partial charge in [0.1, 0.15) is 5.56 Å². The van der Waals surface area contributed by atoms with Gasteiger partial charge in [-0.2, -0.15) is 5.10 Å². The van der Waals surface area contributed by atoms with Crippen molar-refractivity contribution in [2.75, 3.05) is 0 Å². The quantitative estimate of drug-likeness (QED) is 0.873. The lowest BCUT2D eigenvalue weighted by Crippen LogP contribution is -2.19. The maximum absolute atomic E-state index is 11.6. The summed E-state index contributed by atoms with van der Waals surface area (Å²) in [7, 11) is 1.66. The molecule has 0 saturated carbocycles. The second-order valence-corrected chi connectivity index (χ2v) is 4.48. The molecule has 2 rings (SSSR count). The number of carboxylic acids is 1. The van der Waals surface area contributed by atoms with Crippen LogP contribution in [0.4, 0.5) is 0 Å². The van der Waals surface area contributed by atoms with Gasteiger partial charge < -0.3 is 5.11 Å². The zero-order chi connectivity index (χ0) is 12.6. The van der Waals surface area contributed by atoms with Gasteiger partial charge in [-0.05, 0) is 6.92 Å². The first-order chi connectivity index (χ1) is 8.00. The zero-order valence-electron chi connectivity index (χ0n) is 9.38. The monoisotopic (exact) mass is 253 g/mol. The predicted molar refractivity (Wildman–Crippen MR) is 62.6 cm³/mol. The van der Waals surface area contributed by atoms with Crippen LogP contribution in [0.2, 0.25) is 0 Å². The first-order valence-electron chi connectivity index (χ1n) is 4.90. The molecule has 0 unspecified atom stereocenters. The first-order valence-corrected chi connectivity index (χ1v) is 5.77. The van der Waals surface area contributed by atoms with Crippen molar-refractivity contribution >= 4 is 17.3 Å². The molecule has 2 aromatic rings. The van der Waals surface area contributed by atoms with E-state index in [4.69, 9.17) is 5.11 Å². The van der Waals surface area contributed by atoms with E-state index in [1.54, 1.807) is 12.4 Å². The van der Waals surface area contributed by atoms with Gasteiger partial charge in [-0.25, -0.2) is 4.79 Å². The smallest absolute Gasteiger partial charge is 0.339 e. The minimum atomic E-state index is -1.03. The molecule has 0 aliphatic heterocycles. The van der Waals surface area contributed by atoms with E-state index in [-0.39, 0.29) is 17.0 Å². The van der Waals surface area contributed by atoms with Gasteiger partial charge in [0.25, 0.3) is 0 Å². The summed E-state index contributed by atoms with van der Waals surface area (Å²) >= 11 is 1.10. The highest BCUT2D eigenvalue weighted by Crippen LogP contribution is 2.11. The summed E-state index contributed by atoms with van der Waals surface area (Å²) in [6.07, 6.45) is 1.30. The normalized spacial score (nSPS) is 10.7. The van der Waals surface area contributed by atoms with Crippen molar-refractivity contribution in [2.24, 2.45) is 7.05 Å². The van der Waals surface area contributed by atoms with Crippen LogP contribution in [0, 0.1) is 6.92 Å². The second-order valence-electron chi connectivity index (χ2n) is 3.66. The Hall–Kier alpha value is -1.89. The summed E-state index contributed by atoms with van der Waals surface area (Å²) in [6.45, 7) is 2.04. The molecule has 0 fully saturated rings. The number of aromatic carboxylic acids is 1. The van der Waals surface area contributed by atoms with Crippen LogP contribution in [0.1, 0.15) is 21.7 Å². The Morgan fingerprint density at radius 1 is 1.59 bits per heavy atom. The van der Waals surface area contributed by atoms with Gasteiger partial charge in [0.2, 0.25) is 0 Å². The van der Waals surface area contributed by atoms with E-state index >= 15 is 0 Å². The maximum atomic E-state index is 11.6. The molecule has 0 aromatic carbocycles. The Bertz CT molecular complexity index is 623. The molecule has 90 valence electrons. The lowest BCUT2D eigenvalue weighted by atomic mass is 10.2. The Morgan fingerprint density at radius 2 is 2.29 bits per heavy atom. The summed E-state index contributed by atoms with van der Waals surface area (Å²) in [5.74, 6) is -1.03. The Balaban J connectivity index is 2.46. The van der Waals surface area contributed by atoms with Gasteiger partial charge in [-0.15, -0.1) is 0 Å². The van der Waals surface area contributed by atoms with Crippen LogP contribution in [0.3, 0.4) is 0 Å². The lowest BCUT2D eigenvalue weighted by Gasteiger charge is -2.06. The summed E-state index contributed by atoms with van der Waals surface area (Å²) in [6, 6.07) is 0. The summed E-state index contributed by atoms with van der Waals surface area (Å²) in [4.78, 5) is 22.5. The topological polar surface area (TPSA) is 77.1 Å². The van der Waals surface area contributed by atoms with Crippen molar-refractivity contribution in [3.63, 3.8) is 0 Å². The second kappa shape index (κ2) is 4.17. The molecule has 6 nitrogen and oxygen atoms in total. The van der Waals surface area contributed by atoms with Crippen molar-refractivity contribution in [2.45, 2.75) is 13.5 Å². The van der Waals surface area contributed by atoms with E-state index in [0.717, 1.165) is 17.0 Å². The molecular formula is C10H11N3O3S. The SMILES string of the molecule is Cc1csc(=O)n1Cc1c(C(=O)O)cnn1C. The number of nitrogens with zero attached hydrogens (tertiary/aromatic N) is 3. The fourth-order valence-electron chi connectivity index (χ4n) is 1.57. The number of aromatic nitrogens is 3. The van der Waals surface area contributed by atoms with Crippen molar-refractivity contribution in [3.05, 3.63) is 38.2 Å². The number of rotatable bonds is 3. The zero-order valence-corrected chi connectivity index (χ0v) is 10.2. The van der Waals surface area contributed by atoms with Crippen LogP contribution in [0.25, 0.3) is 0 Å². The largest absolute Gasteiger partial charge is 0.478 e. The summed E-state index contributed by atoms with van der Waals surface area (Å²) in [5, 5.41) is 14.7.